The Kier molecular flexibility index (Phi) is 4.47. The molecule has 0 amide bonds. The van der Waals surface area contributed by atoms with Crippen molar-refractivity contribution in [3.05, 3.63) is 57.2 Å². The van der Waals surface area contributed by atoms with E-state index in [0.29, 0.717) is 12.1 Å². The van der Waals surface area contributed by atoms with Crippen molar-refractivity contribution in [3.8, 4) is 0 Å². The van der Waals surface area contributed by atoms with Crippen molar-refractivity contribution in [1.82, 2.24) is 9.97 Å². The van der Waals surface area contributed by atoms with Gasteiger partial charge in [-0.15, -0.1) is 0 Å². The highest BCUT2D eigenvalue weighted by atomic mass is 127. The molecule has 1 N–H and O–H groups in total. The number of aromatic nitrogens is 2. The molecule has 1 heterocycles. The maximum Gasteiger partial charge on any atom is 0.312 e. The van der Waals surface area contributed by atoms with E-state index in [9.17, 15) is 9.90 Å². The van der Waals surface area contributed by atoms with E-state index in [1.165, 1.54) is 6.33 Å². The second-order valence-corrected chi connectivity index (χ2v) is 5.44. The number of benzene rings is 1. The lowest BCUT2D eigenvalue weighted by Crippen LogP contribution is -2.17. The standard InChI is InChI=1S/C14H13IN2O2/c1-9-4-2-3-5-10(9)6-11(14(18)19)13-12(15)7-16-8-17-13/h2-5,7-8,11H,6H2,1H3,(H,18,19). The van der Waals surface area contributed by atoms with Gasteiger partial charge in [-0.05, 0) is 47.1 Å². The van der Waals surface area contributed by atoms with Crippen LogP contribution in [-0.4, -0.2) is 21.0 Å². The number of carboxylic acid groups (broad SMARTS) is 1. The first-order chi connectivity index (χ1) is 9.09. The van der Waals surface area contributed by atoms with Crippen molar-refractivity contribution >= 4 is 28.6 Å². The van der Waals surface area contributed by atoms with E-state index < -0.39 is 11.9 Å². The lowest BCUT2D eigenvalue weighted by molar-refractivity contribution is -0.138. The smallest absolute Gasteiger partial charge is 0.312 e. The number of aryl methyl sites for hydroxylation is 1. The van der Waals surface area contributed by atoms with Gasteiger partial charge >= 0.3 is 5.97 Å². The third kappa shape index (κ3) is 3.28. The van der Waals surface area contributed by atoms with E-state index >= 15 is 0 Å². The Hall–Kier alpha value is -1.50. The average molecular weight is 368 g/mol. The summed E-state index contributed by atoms with van der Waals surface area (Å²) >= 11 is 2.07. The Balaban J connectivity index is 2.35. The van der Waals surface area contributed by atoms with Gasteiger partial charge in [-0.25, -0.2) is 9.97 Å². The van der Waals surface area contributed by atoms with Crippen molar-refractivity contribution < 1.29 is 9.90 Å². The van der Waals surface area contributed by atoms with Crippen LogP contribution in [-0.2, 0) is 11.2 Å². The van der Waals surface area contributed by atoms with E-state index in [1.54, 1.807) is 6.20 Å². The van der Waals surface area contributed by atoms with Crippen molar-refractivity contribution in [2.24, 2.45) is 0 Å². The summed E-state index contributed by atoms with van der Waals surface area (Å²) in [4.78, 5) is 19.5. The molecule has 0 fully saturated rings. The van der Waals surface area contributed by atoms with Crippen LogP contribution in [0.1, 0.15) is 22.7 Å². The van der Waals surface area contributed by atoms with Crippen LogP contribution in [0, 0.1) is 10.5 Å². The fourth-order valence-corrected chi connectivity index (χ4v) is 2.61. The predicted octanol–water partition coefficient (Wildman–Crippen LogP) is 2.80. The normalized spacial score (nSPS) is 12.1. The SMILES string of the molecule is Cc1ccccc1CC(C(=O)O)c1ncncc1I. The summed E-state index contributed by atoms with van der Waals surface area (Å²) in [6.45, 7) is 1.99. The summed E-state index contributed by atoms with van der Waals surface area (Å²) in [5.74, 6) is -1.50. The third-order valence-electron chi connectivity index (χ3n) is 3.01. The number of hydrogen-bond acceptors (Lipinski definition) is 3. The van der Waals surface area contributed by atoms with Gasteiger partial charge in [-0.1, -0.05) is 24.3 Å². The summed E-state index contributed by atoms with van der Waals surface area (Å²) in [5, 5.41) is 9.44. The molecular formula is C14H13IN2O2. The number of halogens is 1. The molecule has 0 aliphatic carbocycles. The van der Waals surface area contributed by atoms with E-state index in [-0.39, 0.29) is 0 Å². The maximum atomic E-state index is 11.5. The highest BCUT2D eigenvalue weighted by molar-refractivity contribution is 14.1. The van der Waals surface area contributed by atoms with Crippen LogP contribution in [0.4, 0.5) is 0 Å². The second kappa shape index (κ2) is 6.10. The van der Waals surface area contributed by atoms with Gasteiger partial charge in [-0.3, -0.25) is 4.79 Å². The number of hydrogen-bond donors (Lipinski definition) is 1. The Bertz CT molecular complexity index is 602. The van der Waals surface area contributed by atoms with Crippen LogP contribution in [0.15, 0.2) is 36.8 Å². The minimum Gasteiger partial charge on any atom is -0.481 e. The van der Waals surface area contributed by atoms with Crippen molar-refractivity contribution in [2.75, 3.05) is 0 Å². The molecule has 0 radical (unpaired) electrons. The third-order valence-corrected chi connectivity index (χ3v) is 3.84. The second-order valence-electron chi connectivity index (χ2n) is 4.28. The topological polar surface area (TPSA) is 63.1 Å². The molecule has 4 nitrogen and oxygen atoms in total. The van der Waals surface area contributed by atoms with Crippen molar-refractivity contribution in [2.45, 2.75) is 19.3 Å². The largest absolute Gasteiger partial charge is 0.481 e. The molecule has 19 heavy (non-hydrogen) atoms. The first-order valence-electron chi connectivity index (χ1n) is 5.82. The lowest BCUT2D eigenvalue weighted by atomic mass is 9.93. The Labute approximate surface area is 125 Å². The van der Waals surface area contributed by atoms with Crippen LogP contribution in [0.3, 0.4) is 0 Å². The summed E-state index contributed by atoms with van der Waals surface area (Å²) in [7, 11) is 0. The zero-order valence-corrected chi connectivity index (χ0v) is 12.5. The molecule has 1 atom stereocenters. The van der Waals surface area contributed by atoms with Gasteiger partial charge < -0.3 is 5.11 Å². The monoisotopic (exact) mass is 368 g/mol. The quantitative estimate of drug-likeness (QED) is 0.844. The predicted molar refractivity (Wildman–Crippen MR) is 80.0 cm³/mol. The van der Waals surface area contributed by atoms with Gasteiger partial charge in [-0.2, -0.15) is 0 Å². The molecule has 2 aromatic rings. The molecule has 0 bridgehead atoms. The first-order valence-corrected chi connectivity index (χ1v) is 6.90. The average Bonchev–Trinajstić information content (AvgIpc) is 2.38. The Morgan fingerprint density at radius 2 is 2.16 bits per heavy atom. The highest BCUT2D eigenvalue weighted by Gasteiger charge is 2.24. The zero-order chi connectivity index (χ0) is 13.8. The summed E-state index contributed by atoms with van der Waals surface area (Å²) < 4.78 is 0.779. The molecule has 1 aromatic carbocycles. The molecular weight excluding hydrogens is 355 g/mol. The van der Waals surface area contributed by atoms with Gasteiger partial charge in [0.05, 0.1) is 9.26 Å². The molecule has 1 unspecified atom stereocenters. The molecule has 5 heteroatoms. The van der Waals surface area contributed by atoms with Crippen LogP contribution >= 0.6 is 22.6 Å². The van der Waals surface area contributed by atoms with Crippen LogP contribution in [0.25, 0.3) is 0 Å². The van der Waals surface area contributed by atoms with Gasteiger partial charge in [0.25, 0.3) is 0 Å². The summed E-state index contributed by atoms with van der Waals surface area (Å²) in [6.07, 6.45) is 3.47. The number of rotatable bonds is 4. The van der Waals surface area contributed by atoms with E-state index in [4.69, 9.17) is 0 Å². The molecule has 1 aromatic heterocycles. The van der Waals surface area contributed by atoms with Gasteiger partial charge in [0.15, 0.2) is 0 Å². The fraction of sp³-hybridized carbons (Fsp3) is 0.214. The maximum absolute atomic E-state index is 11.5. The van der Waals surface area contributed by atoms with Crippen LogP contribution < -0.4 is 0 Å². The molecule has 0 aliphatic rings. The summed E-state index contributed by atoms with van der Waals surface area (Å²) in [5.41, 5.74) is 2.70. The number of carbonyl (C=O) groups is 1. The molecule has 0 saturated carbocycles. The van der Waals surface area contributed by atoms with E-state index in [1.807, 2.05) is 31.2 Å². The highest BCUT2D eigenvalue weighted by Crippen LogP contribution is 2.24. The van der Waals surface area contributed by atoms with E-state index in [0.717, 1.165) is 14.7 Å². The molecule has 2 rings (SSSR count). The molecule has 0 spiro atoms. The van der Waals surface area contributed by atoms with Crippen molar-refractivity contribution in [1.29, 1.82) is 0 Å². The zero-order valence-electron chi connectivity index (χ0n) is 10.4. The molecule has 0 saturated heterocycles. The van der Waals surface area contributed by atoms with Gasteiger partial charge in [0.2, 0.25) is 0 Å². The van der Waals surface area contributed by atoms with Gasteiger partial charge in [0, 0.05) is 6.20 Å². The number of aliphatic carboxylic acids is 1. The van der Waals surface area contributed by atoms with Gasteiger partial charge in [0.1, 0.15) is 12.2 Å². The minimum absolute atomic E-state index is 0.440. The minimum atomic E-state index is -0.861. The molecule has 0 aliphatic heterocycles. The summed E-state index contributed by atoms with van der Waals surface area (Å²) in [6, 6.07) is 7.81. The fourth-order valence-electron chi connectivity index (χ4n) is 1.94. The number of nitrogens with zero attached hydrogens (tertiary/aromatic N) is 2. The number of carboxylic acids is 1. The van der Waals surface area contributed by atoms with Crippen LogP contribution in [0.2, 0.25) is 0 Å². The van der Waals surface area contributed by atoms with Crippen LogP contribution in [0.5, 0.6) is 0 Å². The first kappa shape index (κ1) is 13.9. The lowest BCUT2D eigenvalue weighted by Gasteiger charge is -2.14. The Morgan fingerprint density at radius 1 is 1.42 bits per heavy atom. The molecule has 98 valence electrons. The van der Waals surface area contributed by atoms with E-state index in [2.05, 4.69) is 32.6 Å². The Morgan fingerprint density at radius 3 is 2.79 bits per heavy atom. The van der Waals surface area contributed by atoms with Crippen molar-refractivity contribution in [3.63, 3.8) is 0 Å².